The van der Waals surface area contributed by atoms with E-state index in [0.717, 1.165) is 79.1 Å². The number of allylic oxidation sites excluding steroid dienone is 1. The van der Waals surface area contributed by atoms with Crippen molar-refractivity contribution in [2.75, 3.05) is 20.3 Å². The number of carbonyl (C=O) groups is 1. The van der Waals surface area contributed by atoms with Crippen molar-refractivity contribution in [2.24, 2.45) is 0 Å². The van der Waals surface area contributed by atoms with Gasteiger partial charge in [-0.3, -0.25) is 4.79 Å². The molecule has 0 N–H and O–H groups in total. The zero-order valence-corrected chi connectivity index (χ0v) is 19.9. The topological polar surface area (TPSA) is 56.6 Å². The zero-order chi connectivity index (χ0) is 23.5. The molecule has 5 rings (SSSR count). The molecular weight excluding hydrogens is 426 g/mol. The van der Waals surface area contributed by atoms with Crippen LogP contribution < -0.4 is 9.47 Å². The van der Waals surface area contributed by atoms with Crippen molar-refractivity contribution in [3.05, 3.63) is 66.5 Å². The quantitative estimate of drug-likeness (QED) is 0.295. The van der Waals surface area contributed by atoms with Gasteiger partial charge in [-0.1, -0.05) is 24.3 Å². The lowest BCUT2D eigenvalue weighted by Crippen LogP contribution is -2.27. The third-order valence-electron chi connectivity index (χ3n) is 6.84. The fraction of sp³-hybridized carbons (Fsp3) is 0.429. The maximum atomic E-state index is 12.6. The molecule has 1 atom stereocenters. The molecule has 0 spiro atoms. The molecule has 0 bridgehead atoms. The lowest BCUT2D eigenvalue weighted by molar-refractivity contribution is -0.128. The number of aromatic nitrogens is 2. The fourth-order valence-corrected chi connectivity index (χ4v) is 4.96. The second-order valence-corrected chi connectivity index (χ2v) is 9.32. The summed E-state index contributed by atoms with van der Waals surface area (Å²) in [6.07, 6.45) is 7.45. The lowest BCUT2D eigenvalue weighted by atomic mass is 10.1. The van der Waals surface area contributed by atoms with E-state index in [4.69, 9.17) is 14.5 Å². The van der Waals surface area contributed by atoms with E-state index in [2.05, 4.69) is 40.3 Å². The summed E-state index contributed by atoms with van der Waals surface area (Å²) in [5, 5.41) is 0. The average molecular weight is 460 g/mol. The molecule has 1 unspecified atom stereocenters. The molecule has 1 saturated heterocycles. The monoisotopic (exact) mass is 459 g/mol. The number of benzene rings is 2. The van der Waals surface area contributed by atoms with Gasteiger partial charge in [-0.2, -0.15) is 0 Å². The number of imidazole rings is 1. The van der Waals surface area contributed by atoms with Crippen LogP contribution in [0.1, 0.15) is 49.4 Å². The molecule has 3 aromatic rings. The molecule has 34 heavy (non-hydrogen) atoms. The number of amides is 1. The van der Waals surface area contributed by atoms with Crippen LogP contribution in [0.15, 0.2) is 55.1 Å². The third-order valence-corrected chi connectivity index (χ3v) is 6.84. The third kappa shape index (κ3) is 4.67. The van der Waals surface area contributed by atoms with Gasteiger partial charge in [0.25, 0.3) is 0 Å². The largest absolute Gasteiger partial charge is 0.493 e. The van der Waals surface area contributed by atoms with Crippen molar-refractivity contribution in [2.45, 2.75) is 57.0 Å². The molecule has 6 heteroatoms. The summed E-state index contributed by atoms with van der Waals surface area (Å²) in [5.41, 5.74) is 3.31. The molecule has 1 aliphatic heterocycles. The van der Waals surface area contributed by atoms with Gasteiger partial charge in [0.05, 0.1) is 24.8 Å². The Morgan fingerprint density at radius 2 is 2.00 bits per heavy atom. The van der Waals surface area contributed by atoms with Crippen LogP contribution in [-0.2, 0) is 17.8 Å². The number of nitrogens with zero attached hydrogens (tertiary/aromatic N) is 3. The number of methoxy groups -OCH3 is 1. The Balaban J connectivity index is 1.23. The molecule has 6 nitrogen and oxygen atoms in total. The van der Waals surface area contributed by atoms with Gasteiger partial charge in [-0.25, -0.2) is 4.98 Å². The van der Waals surface area contributed by atoms with E-state index in [1.54, 1.807) is 7.11 Å². The number of unbranched alkanes of at least 4 members (excludes halogenated alkanes) is 1. The smallest absolute Gasteiger partial charge is 0.223 e. The first-order valence-electron chi connectivity index (χ1n) is 12.3. The van der Waals surface area contributed by atoms with E-state index in [0.29, 0.717) is 19.1 Å². The summed E-state index contributed by atoms with van der Waals surface area (Å²) in [5.74, 6) is 3.04. The Labute approximate surface area is 201 Å². The van der Waals surface area contributed by atoms with E-state index < -0.39 is 0 Å². The molecule has 2 fully saturated rings. The van der Waals surface area contributed by atoms with Crippen LogP contribution >= 0.6 is 0 Å². The molecular formula is C28H33N3O3. The maximum Gasteiger partial charge on any atom is 0.223 e. The highest BCUT2D eigenvalue weighted by Crippen LogP contribution is 2.37. The molecule has 2 aliphatic rings. The van der Waals surface area contributed by atoms with Gasteiger partial charge in [0.15, 0.2) is 11.5 Å². The molecule has 1 aliphatic carbocycles. The molecule has 1 aromatic heterocycles. The number of fused-ring (bicyclic) bond motifs is 1. The molecule has 178 valence electrons. The van der Waals surface area contributed by atoms with Gasteiger partial charge in [-0.05, 0) is 61.9 Å². The summed E-state index contributed by atoms with van der Waals surface area (Å²) in [4.78, 5) is 19.6. The molecule has 2 heterocycles. The van der Waals surface area contributed by atoms with Crippen LogP contribution in [0.25, 0.3) is 11.0 Å². The highest BCUT2D eigenvalue weighted by molar-refractivity contribution is 5.81. The zero-order valence-electron chi connectivity index (χ0n) is 19.9. The number of likely N-dealkylation sites (tertiary alicyclic amines) is 1. The van der Waals surface area contributed by atoms with E-state index in [1.807, 2.05) is 24.3 Å². The Bertz CT molecular complexity index is 1180. The SMILES string of the molecule is C=CCc1ccc(OCCCCn2c(C3CC(=O)N(C4CC4)C3)nc3ccccc32)c(OC)c1. The first-order valence-corrected chi connectivity index (χ1v) is 12.3. The van der Waals surface area contributed by atoms with Crippen molar-refractivity contribution in [1.82, 2.24) is 14.5 Å². The van der Waals surface area contributed by atoms with Crippen LogP contribution in [0, 0.1) is 0 Å². The molecule has 0 radical (unpaired) electrons. The highest BCUT2D eigenvalue weighted by Gasteiger charge is 2.41. The number of rotatable bonds is 11. The van der Waals surface area contributed by atoms with Gasteiger partial charge in [0, 0.05) is 31.5 Å². The van der Waals surface area contributed by atoms with Gasteiger partial charge >= 0.3 is 0 Å². The van der Waals surface area contributed by atoms with E-state index in [-0.39, 0.29) is 11.8 Å². The van der Waals surface area contributed by atoms with E-state index in [9.17, 15) is 4.79 Å². The van der Waals surface area contributed by atoms with E-state index >= 15 is 0 Å². The van der Waals surface area contributed by atoms with Crippen LogP contribution in [-0.4, -0.2) is 46.7 Å². The summed E-state index contributed by atoms with van der Waals surface area (Å²) < 4.78 is 13.9. The summed E-state index contributed by atoms with van der Waals surface area (Å²) in [7, 11) is 1.67. The maximum absolute atomic E-state index is 12.6. The van der Waals surface area contributed by atoms with Gasteiger partial charge < -0.3 is 18.9 Å². The average Bonchev–Trinajstić information content (AvgIpc) is 3.52. The van der Waals surface area contributed by atoms with E-state index in [1.165, 1.54) is 0 Å². The molecule has 1 amide bonds. The number of para-hydroxylation sites is 2. The van der Waals surface area contributed by atoms with Crippen molar-refractivity contribution < 1.29 is 14.3 Å². The summed E-state index contributed by atoms with van der Waals surface area (Å²) >= 11 is 0. The van der Waals surface area contributed by atoms with Crippen LogP contribution in [0.2, 0.25) is 0 Å². The Morgan fingerprint density at radius 1 is 1.15 bits per heavy atom. The predicted molar refractivity (Wildman–Crippen MR) is 133 cm³/mol. The van der Waals surface area contributed by atoms with Crippen molar-refractivity contribution >= 4 is 16.9 Å². The number of hydrogen-bond acceptors (Lipinski definition) is 4. The summed E-state index contributed by atoms with van der Waals surface area (Å²) in [6.45, 7) is 6.08. The first-order chi connectivity index (χ1) is 16.7. The Morgan fingerprint density at radius 3 is 2.79 bits per heavy atom. The number of ether oxygens (including phenoxy) is 2. The Hall–Kier alpha value is -3.28. The Kier molecular flexibility index (Phi) is 6.57. The predicted octanol–water partition coefficient (Wildman–Crippen LogP) is 5.11. The number of hydrogen-bond donors (Lipinski definition) is 0. The fourth-order valence-electron chi connectivity index (χ4n) is 4.96. The van der Waals surface area contributed by atoms with Gasteiger partial charge in [0.1, 0.15) is 5.82 Å². The van der Waals surface area contributed by atoms with Gasteiger partial charge in [-0.15, -0.1) is 6.58 Å². The van der Waals surface area contributed by atoms with Crippen LogP contribution in [0.3, 0.4) is 0 Å². The van der Waals surface area contributed by atoms with Crippen molar-refractivity contribution in [1.29, 1.82) is 0 Å². The van der Waals surface area contributed by atoms with Crippen LogP contribution in [0.5, 0.6) is 11.5 Å². The minimum absolute atomic E-state index is 0.176. The van der Waals surface area contributed by atoms with Crippen molar-refractivity contribution in [3.8, 4) is 11.5 Å². The highest BCUT2D eigenvalue weighted by atomic mass is 16.5. The minimum atomic E-state index is 0.176. The molecule has 1 saturated carbocycles. The standard InChI is InChI=1S/C28H33N3O3/c1-3-8-20-11-14-25(26(17-20)33-2)34-16-7-6-15-30-24-10-5-4-9-23(24)29-28(30)21-18-27(32)31(19-21)22-12-13-22/h3-5,9-11,14,17,21-22H,1,6-8,12-13,15-16,18-19H2,2H3. The van der Waals surface area contributed by atoms with Crippen LogP contribution in [0.4, 0.5) is 0 Å². The minimum Gasteiger partial charge on any atom is -0.493 e. The summed E-state index contributed by atoms with van der Waals surface area (Å²) in [6, 6.07) is 14.8. The number of aryl methyl sites for hydroxylation is 1. The second-order valence-electron chi connectivity index (χ2n) is 9.32. The molecule has 2 aromatic carbocycles. The lowest BCUT2D eigenvalue weighted by Gasteiger charge is -2.16. The van der Waals surface area contributed by atoms with Crippen molar-refractivity contribution in [3.63, 3.8) is 0 Å². The second kappa shape index (κ2) is 9.92. The first kappa shape index (κ1) is 22.5. The number of carbonyl (C=O) groups excluding carboxylic acids is 1. The van der Waals surface area contributed by atoms with Gasteiger partial charge in [0.2, 0.25) is 5.91 Å². The normalized spacial score (nSPS) is 18.0.